The van der Waals surface area contributed by atoms with Gasteiger partial charge in [0.05, 0.1) is 19.2 Å². The molecule has 2 rings (SSSR count). The van der Waals surface area contributed by atoms with Gasteiger partial charge in [0, 0.05) is 13.0 Å². The van der Waals surface area contributed by atoms with E-state index in [0.29, 0.717) is 30.8 Å². The highest BCUT2D eigenvalue weighted by atomic mass is 32.1. The van der Waals surface area contributed by atoms with Crippen molar-refractivity contribution < 1.29 is 14.3 Å². The summed E-state index contributed by atoms with van der Waals surface area (Å²) in [6, 6.07) is 5.79. The molecule has 0 saturated heterocycles. The summed E-state index contributed by atoms with van der Waals surface area (Å²) in [5.41, 5.74) is 1.87. The fourth-order valence-corrected chi connectivity index (χ4v) is 2.45. The van der Waals surface area contributed by atoms with Crippen LogP contribution in [0.2, 0.25) is 0 Å². The number of carbonyl (C=O) groups excluding carboxylic acids is 1. The SMILES string of the molecule is CCOC(=O)CCCn1c(=S)[nH]c2c(OC)cccc21. The number of carbonyl (C=O) groups is 1. The van der Waals surface area contributed by atoms with Crippen LogP contribution in [0.1, 0.15) is 19.8 Å². The van der Waals surface area contributed by atoms with Gasteiger partial charge in [-0.2, -0.15) is 0 Å². The zero-order valence-electron chi connectivity index (χ0n) is 11.6. The zero-order chi connectivity index (χ0) is 14.5. The lowest BCUT2D eigenvalue weighted by Gasteiger charge is -2.05. The van der Waals surface area contributed by atoms with Crippen LogP contribution >= 0.6 is 12.2 Å². The number of methoxy groups -OCH3 is 1. The maximum Gasteiger partial charge on any atom is 0.305 e. The second-order valence-electron chi connectivity index (χ2n) is 4.34. The predicted molar refractivity (Wildman–Crippen MR) is 79.5 cm³/mol. The van der Waals surface area contributed by atoms with E-state index in [2.05, 4.69) is 4.98 Å². The number of para-hydroxylation sites is 1. The predicted octanol–water partition coefficient (Wildman–Crippen LogP) is 3.05. The first kappa shape index (κ1) is 14.6. The molecule has 6 heteroatoms. The molecule has 0 unspecified atom stereocenters. The van der Waals surface area contributed by atoms with Crippen LogP contribution in [-0.2, 0) is 16.1 Å². The molecule has 0 amide bonds. The molecule has 0 fully saturated rings. The number of nitrogens with zero attached hydrogens (tertiary/aromatic N) is 1. The smallest absolute Gasteiger partial charge is 0.305 e. The first-order valence-electron chi connectivity index (χ1n) is 6.58. The second kappa shape index (κ2) is 6.56. The van der Waals surface area contributed by atoms with Crippen molar-refractivity contribution in [1.29, 1.82) is 0 Å². The number of rotatable bonds is 6. The van der Waals surface area contributed by atoms with Gasteiger partial charge in [0.1, 0.15) is 11.3 Å². The molecule has 0 atom stereocenters. The molecule has 0 aliphatic rings. The number of fused-ring (bicyclic) bond motifs is 1. The van der Waals surface area contributed by atoms with Crippen molar-refractivity contribution in [2.45, 2.75) is 26.3 Å². The lowest BCUT2D eigenvalue weighted by atomic mass is 10.2. The molecule has 1 aromatic heterocycles. The lowest BCUT2D eigenvalue weighted by Crippen LogP contribution is -2.06. The molecular weight excluding hydrogens is 276 g/mol. The molecule has 5 nitrogen and oxygen atoms in total. The van der Waals surface area contributed by atoms with E-state index in [0.717, 1.165) is 16.8 Å². The van der Waals surface area contributed by atoms with Crippen molar-refractivity contribution in [2.75, 3.05) is 13.7 Å². The Kier molecular flexibility index (Phi) is 4.79. The number of imidazole rings is 1. The van der Waals surface area contributed by atoms with Crippen LogP contribution in [0, 0.1) is 4.77 Å². The van der Waals surface area contributed by atoms with E-state index in [1.54, 1.807) is 14.0 Å². The minimum absolute atomic E-state index is 0.170. The lowest BCUT2D eigenvalue weighted by molar-refractivity contribution is -0.143. The Morgan fingerprint density at radius 2 is 2.25 bits per heavy atom. The summed E-state index contributed by atoms with van der Waals surface area (Å²) in [4.78, 5) is 14.5. The molecule has 0 spiro atoms. The Bertz CT molecular complexity index is 660. The van der Waals surface area contributed by atoms with Crippen LogP contribution in [0.15, 0.2) is 18.2 Å². The molecule has 0 aliphatic carbocycles. The molecule has 0 aliphatic heterocycles. The summed E-state index contributed by atoms with van der Waals surface area (Å²) in [5, 5.41) is 0. The van der Waals surface area contributed by atoms with Gasteiger partial charge in [0.15, 0.2) is 4.77 Å². The molecule has 0 bridgehead atoms. The van der Waals surface area contributed by atoms with Crippen molar-refractivity contribution in [3.8, 4) is 5.75 Å². The molecule has 20 heavy (non-hydrogen) atoms. The van der Waals surface area contributed by atoms with Crippen molar-refractivity contribution in [3.63, 3.8) is 0 Å². The number of hydrogen-bond acceptors (Lipinski definition) is 4. The van der Waals surface area contributed by atoms with Crippen LogP contribution in [-0.4, -0.2) is 29.2 Å². The molecule has 108 valence electrons. The highest BCUT2D eigenvalue weighted by molar-refractivity contribution is 7.71. The summed E-state index contributed by atoms with van der Waals surface area (Å²) in [5.74, 6) is 0.592. The van der Waals surface area contributed by atoms with Crippen LogP contribution < -0.4 is 4.74 Å². The standard InChI is InChI=1S/C14H18N2O3S/c1-3-19-12(17)8-5-9-16-10-6-4-7-11(18-2)13(10)15-14(16)20/h4,6-7H,3,5,8-9H2,1-2H3,(H,15,20). The second-order valence-corrected chi connectivity index (χ2v) is 4.73. The fourth-order valence-electron chi connectivity index (χ4n) is 2.16. The number of H-pyrrole nitrogens is 1. The van der Waals surface area contributed by atoms with Crippen LogP contribution in [0.4, 0.5) is 0 Å². The summed E-state index contributed by atoms with van der Waals surface area (Å²) < 4.78 is 12.8. The van der Waals surface area contributed by atoms with E-state index in [-0.39, 0.29) is 5.97 Å². The van der Waals surface area contributed by atoms with Crippen LogP contribution in [0.3, 0.4) is 0 Å². The fraction of sp³-hybridized carbons (Fsp3) is 0.429. The van der Waals surface area contributed by atoms with Crippen molar-refractivity contribution in [2.24, 2.45) is 0 Å². The highest BCUT2D eigenvalue weighted by Crippen LogP contribution is 2.24. The molecule has 1 N–H and O–H groups in total. The zero-order valence-corrected chi connectivity index (χ0v) is 12.5. The largest absolute Gasteiger partial charge is 0.494 e. The van der Waals surface area contributed by atoms with Crippen molar-refractivity contribution in [3.05, 3.63) is 23.0 Å². The van der Waals surface area contributed by atoms with Crippen LogP contribution in [0.5, 0.6) is 5.75 Å². The Morgan fingerprint density at radius 3 is 2.95 bits per heavy atom. The Labute approximate surface area is 122 Å². The Hall–Kier alpha value is -1.82. The average molecular weight is 294 g/mol. The number of aromatic amines is 1. The van der Waals surface area contributed by atoms with E-state index < -0.39 is 0 Å². The van der Waals surface area contributed by atoms with Crippen molar-refractivity contribution in [1.82, 2.24) is 9.55 Å². The van der Waals surface area contributed by atoms with Crippen molar-refractivity contribution >= 4 is 29.2 Å². The van der Waals surface area contributed by atoms with Gasteiger partial charge in [0.2, 0.25) is 0 Å². The number of ether oxygens (including phenoxy) is 2. The molecule has 1 aromatic carbocycles. The Morgan fingerprint density at radius 1 is 1.45 bits per heavy atom. The van der Waals surface area contributed by atoms with E-state index in [1.165, 1.54) is 0 Å². The van der Waals surface area contributed by atoms with Gasteiger partial charge < -0.3 is 19.0 Å². The number of hydrogen-bond donors (Lipinski definition) is 1. The molecule has 0 radical (unpaired) electrons. The molecule has 1 heterocycles. The number of benzene rings is 1. The normalized spacial score (nSPS) is 10.7. The number of nitrogens with one attached hydrogen (secondary N) is 1. The molecule has 2 aromatic rings. The third kappa shape index (κ3) is 3.01. The first-order valence-corrected chi connectivity index (χ1v) is 6.99. The number of aryl methyl sites for hydroxylation is 1. The van der Waals surface area contributed by atoms with E-state index >= 15 is 0 Å². The monoisotopic (exact) mass is 294 g/mol. The summed E-state index contributed by atoms with van der Waals surface area (Å²) >= 11 is 5.33. The van der Waals surface area contributed by atoms with Gasteiger partial charge in [0.25, 0.3) is 0 Å². The highest BCUT2D eigenvalue weighted by Gasteiger charge is 2.09. The number of esters is 1. The van der Waals surface area contributed by atoms with Gasteiger partial charge in [-0.3, -0.25) is 4.79 Å². The summed E-state index contributed by atoms with van der Waals surface area (Å²) in [7, 11) is 1.63. The van der Waals surface area contributed by atoms with Gasteiger partial charge in [-0.25, -0.2) is 0 Å². The van der Waals surface area contributed by atoms with Gasteiger partial charge >= 0.3 is 5.97 Å². The quantitative estimate of drug-likeness (QED) is 0.657. The van der Waals surface area contributed by atoms with Gasteiger partial charge in [-0.15, -0.1) is 0 Å². The summed E-state index contributed by atoms with van der Waals surface area (Å²) in [6.07, 6.45) is 1.09. The third-order valence-electron chi connectivity index (χ3n) is 3.06. The summed E-state index contributed by atoms with van der Waals surface area (Å²) in [6.45, 7) is 2.90. The van der Waals surface area contributed by atoms with E-state index in [4.69, 9.17) is 21.7 Å². The third-order valence-corrected chi connectivity index (χ3v) is 3.38. The number of aromatic nitrogens is 2. The minimum atomic E-state index is -0.170. The molecular formula is C14H18N2O3S. The minimum Gasteiger partial charge on any atom is -0.494 e. The van der Waals surface area contributed by atoms with Gasteiger partial charge in [-0.1, -0.05) is 6.07 Å². The van der Waals surface area contributed by atoms with Gasteiger partial charge in [-0.05, 0) is 37.7 Å². The average Bonchev–Trinajstić information content (AvgIpc) is 2.75. The maximum atomic E-state index is 11.3. The van der Waals surface area contributed by atoms with E-state index in [9.17, 15) is 4.79 Å². The first-order chi connectivity index (χ1) is 9.67. The van der Waals surface area contributed by atoms with Crippen LogP contribution in [0.25, 0.3) is 11.0 Å². The van der Waals surface area contributed by atoms with E-state index in [1.807, 2.05) is 22.8 Å². The topological polar surface area (TPSA) is 56.2 Å². The molecule has 0 saturated carbocycles. The maximum absolute atomic E-state index is 11.3. The Balaban J connectivity index is 2.16.